The van der Waals surface area contributed by atoms with Crippen LogP contribution in [0.4, 0.5) is 0 Å². The first-order valence-corrected chi connectivity index (χ1v) is 6.95. The lowest BCUT2D eigenvalue weighted by Crippen LogP contribution is -2.28. The quantitative estimate of drug-likeness (QED) is 0.595. The van der Waals surface area contributed by atoms with Crippen LogP contribution in [0.3, 0.4) is 0 Å². The average Bonchev–Trinajstić information content (AvgIpc) is 3.02. The Morgan fingerprint density at radius 2 is 1.88 bits per heavy atom. The van der Waals surface area contributed by atoms with Crippen molar-refractivity contribution in [2.75, 3.05) is 0 Å². The molecule has 1 unspecified atom stereocenters. The number of rotatable bonds is 3. The van der Waals surface area contributed by atoms with Crippen molar-refractivity contribution in [3.8, 4) is 0 Å². The monoisotopic (exact) mass is 249 g/mol. The van der Waals surface area contributed by atoms with E-state index in [1.165, 1.54) is 5.56 Å². The van der Waals surface area contributed by atoms with Crippen LogP contribution in [-0.2, 0) is 11.0 Å². The Bertz CT molecular complexity index is 435. The minimum atomic E-state index is -0.976. The zero-order valence-electron chi connectivity index (χ0n) is 10.6. The van der Waals surface area contributed by atoms with Crippen LogP contribution in [0.2, 0.25) is 0 Å². The standard InChI is InChI=1S/C14H19NOS/c1-5-12-13(11-9-7-6-8-10-11)15(12)17(16)14(2,3)4/h5-10,12-13H,1H2,2-4H3/t12-,13-,15?,17+/m0/s1. The topological polar surface area (TPSA) is 20.1 Å². The first-order chi connectivity index (χ1) is 7.96. The summed E-state index contributed by atoms with van der Waals surface area (Å²) in [4.78, 5) is 0. The van der Waals surface area contributed by atoms with Gasteiger partial charge >= 0.3 is 0 Å². The predicted molar refractivity (Wildman–Crippen MR) is 72.9 cm³/mol. The Balaban J connectivity index is 2.22. The van der Waals surface area contributed by atoms with E-state index in [2.05, 4.69) is 18.7 Å². The number of hydrogen-bond donors (Lipinski definition) is 0. The van der Waals surface area contributed by atoms with Crippen molar-refractivity contribution >= 4 is 11.0 Å². The number of hydrogen-bond acceptors (Lipinski definition) is 1. The van der Waals surface area contributed by atoms with E-state index in [1.807, 2.05) is 49.4 Å². The van der Waals surface area contributed by atoms with Crippen molar-refractivity contribution in [1.82, 2.24) is 4.31 Å². The Kier molecular flexibility index (Phi) is 3.23. The molecule has 2 nitrogen and oxygen atoms in total. The normalized spacial score (nSPS) is 29.7. The fourth-order valence-corrected chi connectivity index (χ4v) is 3.44. The van der Waals surface area contributed by atoms with Crippen LogP contribution in [0.25, 0.3) is 0 Å². The second-order valence-electron chi connectivity index (χ2n) is 5.30. The lowest BCUT2D eigenvalue weighted by molar-refractivity contribution is 0.603. The van der Waals surface area contributed by atoms with Crippen LogP contribution in [0.15, 0.2) is 43.0 Å². The van der Waals surface area contributed by atoms with E-state index in [9.17, 15) is 4.21 Å². The van der Waals surface area contributed by atoms with Gasteiger partial charge in [-0.2, -0.15) is 0 Å². The summed E-state index contributed by atoms with van der Waals surface area (Å²) in [6, 6.07) is 10.6. The molecule has 0 aliphatic carbocycles. The highest BCUT2D eigenvalue weighted by molar-refractivity contribution is 7.84. The number of benzene rings is 1. The molecule has 4 atom stereocenters. The highest BCUT2D eigenvalue weighted by Gasteiger charge is 2.52. The molecular formula is C14H19NOS. The summed E-state index contributed by atoms with van der Waals surface area (Å²) < 4.78 is 14.2. The second-order valence-corrected chi connectivity index (χ2v) is 7.45. The molecule has 1 saturated heterocycles. The van der Waals surface area contributed by atoms with Crippen LogP contribution >= 0.6 is 0 Å². The van der Waals surface area contributed by atoms with Crippen molar-refractivity contribution in [3.63, 3.8) is 0 Å². The van der Waals surface area contributed by atoms with Crippen molar-refractivity contribution < 1.29 is 4.21 Å². The fourth-order valence-electron chi connectivity index (χ4n) is 1.99. The molecule has 1 heterocycles. The van der Waals surface area contributed by atoms with Gasteiger partial charge in [-0.05, 0) is 26.3 Å². The maximum atomic E-state index is 12.4. The van der Waals surface area contributed by atoms with Gasteiger partial charge in [0, 0.05) is 0 Å². The van der Waals surface area contributed by atoms with Gasteiger partial charge in [-0.3, -0.25) is 0 Å². The molecule has 1 aliphatic rings. The van der Waals surface area contributed by atoms with E-state index in [4.69, 9.17) is 0 Å². The third-order valence-electron chi connectivity index (χ3n) is 2.90. The molecule has 0 aromatic heterocycles. The summed E-state index contributed by atoms with van der Waals surface area (Å²) in [5, 5.41) is 0. The van der Waals surface area contributed by atoms with Gasteiger partial charge in [-0.15, -0.1) is 6.58 Å². The minimum Gasteiger partial charge on any atom is -0.242 e. The summed E-state index contributed by atoms with van der Waals surface area (Å²) in [7, 11) is -0.976. The largest absolute Gasteiger partial charge is 0.242 e. The fraction of sp³-hybridized carbons (Fsp3) is 0.429. The first-order valence-electron chi connectivity index (χ1n) is 5.84. The van der Waals surface area contributed by atoms with E-state index in [0.29, 0.717) is 0 Å². The molecule has 1 aromatic carbocycles. The second kappa shape index (κ2) is 4.39. The molecule has 0 N–H and O–H groups in total. The number of nitrogens with zero attached hydrogens (tertiary/aromatic N) is 1. The van der Waals surface area contributed by atoms with Gasteiger partial charge < -0.3 is 0 Å². The van der Waals surface area contributed by atoms with Gasteiger partial charge in [0.1, 0.15) is 11.0 Å². The molecule has 92 valence electrons. The summed E-state index contributed by atoms with van der Waals surface area (Å²) in [6.45, 7) is 9.85. The molecule has 2 rings (SSSR count). The van der Waals surface area contributed by atoms with Crippen LogP contribution in [-0.4, -0.2) is 19.3 Å². The SMILES string of the molecule is C=C[C@H]1[C@H](c2ccccc2)N1[S@](=O)C(C)(C)C. The van der Waals surface area contributed by atoms with Crippen LogP contribution in [0.5, 0.6) is 0 Å². The van der Waals surface area contributed by atoms with Crippen molar-refractivity contribution in [2.24, 2.45) is 0 Å². The summed E-state index contributed by atoms with van der Waals surface area (Å²) in [5.41, 5.74) is 1.22. The highest BCUT2D eigenvalue weighted by Crippen LogP contribution is 2.47. The Hall–Kier alpha value is -0.930. The molecule has 0 saturated carbocycles. The first kappa shape index (κ1) is 12.5. The van der Waals surface area contributed by atoms with E-state index < -0.39 is 11.0 Å². The maximum Gasteiger partial charge on any atom is 0.101 e. The molecule has 1 fully saturated rings. The third-order valence-corrected chi connectivity index (χ3v) is 4.80. The zero-order valence-corrected chi connectivity index (χ0v) is 11.4. The van der Waals surface area contributed by atoms with Crippen LogP contribution < -0.4 is 0 Å². The average molecular weight is 249 g/mol. The Morgan fingerprint density at radius 3 is 2.35 bits per heavy atom. The molecule has 17 heavy (non-hydrogen) atoms. The lowest BCUT2D eigenvalue weighted by atomic mass is 10.1. The van der Waals surface area contributed by atoms with Crippen molar-refractivity contribution in [1.29, 1.82) is 0 Å². The van der Waals surface area contributed by atoms with Gasteiger partial charge in [-0.25, -0.2) is 8.51 Å². The molecule has 0 amide bonds. The lowest BCUT2D eigenvalue weighted by Gasteiger charge is -2.18. The van der Waals surface area contributed by atoms with Gasteiger partial charge in [-0.1, -0.05) is 36.4 Å². The zero-order chi connectivity index (χ0) is 12.6. The molecule has 3 heteroatoms. The van der Waals surface area contributed by atoms with Gasteiger partial charge in [0.05, 0.1) is 16.8 Å². The summed E-state index contributed by atoms with van der Waals surface area (Å²) >= 11 is 0. The smallest absolute Gasteiger partial charge is 0.101 e. The maximum absolute atomic E-state index is 12.4. The highest BCUT2D eigenvalue weighted by atomic mass is 32.2. The van der Waals surface area contributed by atoms with Gasteiger partial charge in [0.25, 0.3) is 0 Å². The van der Waals surface area contributed by atoms with E-state index in [-0.39, 0.29) is 16.8 Å². The van der Waals surface area contributed by atoms with E-state index in [0.717, 1.165) is 0 Å². The summed E-state index contributed by atoms with van der Waals surface area (Å²) in [5.74, 6) is 0. The van der Waals surface area contributed by atoms with E-state index >= 15 is 0 Å². The van der Waals surface area contributed by atoms with Gasteiger partial charge in [0.2, 0.25) is 0 Å². The van der Waals surface area contributed by atoms with Crippen LogP contribution in [0, 0.1) is 0 Å². The van der Waals surface area contributed by atoms with Crippen LogP contribution in [0.1, 0.15) is 32.4 Å². The molecule has 0 radical (unpaired) electrons. The molecule has 0 bridgehead atoms. The minimum absolute atomic E-state index is 0.206. The third kappa shape index (κ3) is 2.35. The predicted octanol–water partition coefficient (Wildman–Crippen LogP) is 3.06. The van der Waals surface area contributed by atoms with Crippen molar-refractivity contribution in [2.45, 2.75) is 37.6 Å². The van der Waals surface area contributed by atoms with E-state index in [1.54, 1.807) is 0 Å². The molecular weight excluding hydrogens is 230 g/mol. The Labute approximate surface area is 106 Å². The molecule has 0 spiro atoms. The Morgan fingerprint density at radius 1 is 1.29 bits per heavy atom. The van der Waals surface area contributed by atoms with Gasteiger partial charge in [0.15, 0.2) is 0 Å². The summed E-state index contributed by atoms with van der Waals surface area (Å²) in [6.07, 6.45) is 1.89. The molecule has 1 aliphatic heterocycles. The molecule has 1 aromatic rings. The van der Waals surface area contributed by atoms with Crippen molar-refractivity contribution in [3.05, 3.63) is 48.6 Å².